The highest BCUT2D eigenvalue weighted by molar-refractivity contribution is 7.92. The zero-order valence-electron chi connectivity index (χ0n) is 32.8. The number of fused-ring (bicyclic) bond motifs is 2. The fraction of sp³-hybridized carbons (Fsp3) is 0.643. The van der Waals surface area contributed by atoms with E-state index in [1.165, 1.54) is 17.6 Å². The van der Waals surface area contributed by atoms with Gasteiger partial charge >= 0.3 is 5.97 Å². The maximum absolute atomic E-state index is 14.2. The predicted octanol–water partition coefficient (Wildman–Crippen LogP) is 5.56. The minimum atomic E-state index is -3.36. The smallest absolute Gasteiger partial charge is 0.316 e. The molecule has 1 aromatic carbocycles. The van der Waals surface area contributed by atoms with Gasteiger partial charge in [0.25, 0.3) is 0 Å². The summed E-state index contributed by atoms with van der Waals surface area (Å²) in [4.78, 5) is 14.2. The molecule has 3 fully saturated rings. The van der Waals surface area contributed by atoms with Crippen LogP contribution in [-0.2, 0) is 44.9 Å². The maximum Gasteiger partial charge on any atom is 0.316 e. The molecule has 12 heteroatoms. The van der Waals surface area contributed by atoms with Crippen molar-refractivity contribution in [1.29, 1.82) is 0 Å². The number of ether oxygens (including phenoxy) is 5. The van der Waals surface area contributed by atoms with Gasteiger partial charge < -0.3 is 33.9 Å². The standard InChI is InChI=1S/C42H59NO10S/c1-8-36-26(2)18-20-41(53-36)24-34-23-33(52-41)17-12-28(4)38(49-21-19-30-13-15-32(16-14-30)43(6)54(7,47)48)27(3)10-9-11-31-25-50-39-37(44)29(5)22-35(40(45)51-34)42(31,39)46/h9-16,22,26-27,33-39,44,46H,8,17-21,23-25H2,1-7H3/b10-9+,28-12+,31-11+/t26-,27-,33+,34-,35-,36+,37+,38+,39+,41+,42+/m0/s1. The van der Waals surface area contributed by atoms with Crippen LogP contribution in [0.4, 0.5) is 5.69 Å². The Hall–Kier alpha value is -2.84. The van der Waals surface area contributed by atoms with Gasteiger partial charge in [0.1, 0.15) is 29.8 Å². The second-order valence-corrected chi connectivity index (χ2v) is 18.2. The first-order chi connectivity index (χ1) is 25.5. The number of anilines is 1. The molecule has 11 atom stereocenters. The number of nitrogens with zero attached hydrogens (tertiary/aromatic N) is 1. The number of esters is 1. The zero-order valence-corrected chi connectivity index (χ0v) is 33.6. The third-order valence-electron chi connectivity index (χ3n) is 12.2. The van der Waals surface area contributed by atoms with Crippen LogP contribution in [0, 0.1) is 17.8 Å². The SMILES string of the molecule is CC[C@H]1O[C@]2(CC[C@@H]1C)C[C@@H]1C[C@@H](C/C=C(\C)[C@H](OCCc3ccc(N(C)S(C)(=O)=O)cc3)[C@@H](C)/C=C/C=C3\CO[C@@H]4[C@H](O)C(C)=C[C@@H](C(=O)O1)[C@]34O)O2. The first-order valence-electron chi connectivity index (χ1n) is 19.5. The van der Waals surface area contributed by atoms with E-state index < -0.39 is 51.6 Å². The van der Waals surface area contributed by atoms with E-state index in [1.807, 2.05) is 24.3 Å². The third-order valence-corrected chi connectivity index (χ3v) is 13.4. The van der Waals surface area contributed by atoms with Crippen LogP contribution in [0.3, 0.4) is 0 Å². The number of rotatable bonds is 7. The number of carbonyl (C=O) groups excluding carboxylic acids is 1. The van der Waals surface area contributed by atoms with Crippen molar-refractivity contribution < 1.29 is 47.1 Å². The summed E-state index contributed by atoms with van der Waals surface area (Å²) in [5.41, 5.74) is 1.93. The Kier molecular flexibility index (Phi) is 12.3. The van der Waals surface area contributed by atoms with Crippen LogP contribution in [0.1, 0.15) is 78.7 Å². The summed E-state index contributed by atoms with van der Waals surface area (Å²) >= 11 is 0. The van der Waals surface area contributed by atoms with Crippen molar-refractivity contribution in [1.82, 2.24) is 0 Å². The normalized spacial score (nSPS) is 40.1. The minimum Gasteiger partial charge on any atom is -0.462 e. The predicted molar refractivity (Wildman–Crippen MR) is 206 cm³/mol. The van der Waals surface area contributed by atoms with Crippen molar-refractivity contribution in [2.75, 3.05) is 30.8 Å². The lowest BCUT2D eigenvalue weighted by molar-refractivity contribution is -0.335. The Morgan fingerprint density at radius 3 is 2.52 bits per heavy atom. The Bertz CT molecular complexity index is 1750. The highest BCUT2D eigenvalue weighted by Crippen LogP contribution is 2.47. The van der Waals surface area contributed by atoms with Crippen molar-refractivity contribution in [3.05, 3.63) is 76.9 Å². The van der Waals surface area contributed by atoms with E-state index in [9.17, 15) is 23.4 Å². The highest BCUT2D eigenvalue weighted by atomic mass is 32.2. The van der Waals surface area contributed by atoms with Crippen LogP contribution in [0.15, 0.2) is 71.4 Å². The van der Waals surface area contributed by atoms with E-state index in [-0.39, 0.29) is 30.8 Å². The number of sulfonamides is 1. The number of benzene rings is 1. The largest absolute Gasteiger partial charge is 0.462 e. The number of hydrogen-bond acceptors (Lipinski definition) is 10. The molecule has 2 bridgehead atoms. The first kappa shape index (κ1) is 40.8. The summed E-state index contributed by atoms with van der Waals surface area (Å²) in [6.07, 6.45) is 12.1. The lowest BCUT2D eigenvalue weighted by Crippen LogP contribution is -2.58. The summed E-state index contributed by atoms with van der Waals surface area (Å²) in [6, 6.07) is 7.43. The summed E-state index contributed by atoms with van der Waals surface area (Å²) in [7, 11) is -1.82. The Morgan fingerprint density at radius 1 is 1.07 bits per heavy atom. The average molecular weight is 770 g/mol. The average Bonchev–Trinajstić information content (AvgIpc) is 3.47. The molecule has 4 heterocycles. The molecule has 5 aliphatic rings. The van der Waals surface area contributed by atoms with Crippen molar-refractivity contribution in [2.24, 2.45) is 17.8 Å². The molecule has 54 heavy (non-hydrogen) atoms. The molecule has 298 valence electrons. The van der Waals surface area contributed by atoms with Gasteiger partial charge in [-0.25, -0.2) is 8.42 Å². The van der Waals surface area contributed by atoms with Gasteiger partial charge in [-0.05, 0) is 79.9 Å². The zero-order chi connectivity index (χ0) is 39.0. The fourth-order valence-electron chi connectivity index (χ4n) is 8.82. The van der Waals surface area contributed by atoms with Crippen molar-refractivity contribution in [3.63, 3.8) is 0 Å². The second-order valence-electron chi connectivity index (χ2n) is 16.2. The quantitative estimate of drug-likeness (QED) is 0.268. The molecule has 6 rings (SSSR count). The molecule has 4 aliphatic heterocycles. The van der Waals surface area contributed by atoms with Crippen molar-refractivity contribution in [3.8, 4) is 0 Å². The topological polar surface area (TPSA) is 141 Å². The van der Waals surface area contributed by atoms with Crippen LogP contribution in [-0.4, -0.2) is 99.1 Å². The summed E-state index contributed by atoms with van der Waals surface area (Å²) < 4.78 is 57.7. The Labute approximate surface area is 321 Å². The van der Waals surface area contributed by atoms with Crippen LogP contribution >= 0.6 is 0 Å². The molecular weight excluding hydrogens is 711 g/mol. The minimum absolute atomic E-state index is 0.0291. The van der Waals surface area contributed by atoms with E-state index in [1.54, 1.807) is 31.2 Å². The van der Waals surface area contributed by atoms with E-state index in [2.05, 4.69) is 33.8 Å². The van der Waals surface area contributed by atoms with E-state index >= 15 is 0 Å². The van der Waals surface area contributed by atoms with Crippen LogP contribution < -0.4 is 4.31 Å². The van der Waals surface area contributed by atoms with Gasteiger partial charge in [0, 0.05) is 32.2 Å². The third kappa shape index (κ3) is 8.45. The van der Waals surface area contributed by atoms with Gasteiger partial charge in [-0.15, -0.1) is 0 Å². The molecule has 0 saturated carbocycles. The van der Waals surface area contributed by atoms with Crippen LogP contribution in [0.5, 0.6) is 0 Å². The molecule has 0 aromatic heterocycles. The molecule has 2 N–H and O–H groups in total. The Balaban J connectivity index is 1.30. The van der Waals surface area contributed by atoms with E-state index in [0.717, 1.165) is 24.0 Å². The van der Waals surface area contributed by atoms with Crippen molar-refractivity contribution in [2.45, 2.75) is 128 Å². The fourth-order valence-corrected chi connectivity index (χ4v) is 9.32. The van der Waals surface area contributed by atoms with E-state index in [4.69, 9.17) is 23.7 Å². The lowest BCUT2D eigenvalue weighted by Gasteiger charge is -2.50. The molecule has 3 saturated heterocycles. The highest BCUT2D eigenvalue weighted by Gasteiger charge is 2.60. The molecule has 1 spiro atoms. The summed E-state index contributed by atoms with van der Waals surface area (Å²) in [5.74, 6) is -2.20. The molecule has 1 aliphatic carbocycles. The lowest BCUT2D eigenvalue weighted by atomic mass is 9.71. The van der Waals surface area contributed by atoms with Gasteiger partial charge in [0.05, 0.1) is 43.5 Å². The number of aliphatic hydroxyl groups excluding tert-OH is 1. The molecule has 11 nitrogen and oxygen atoms in total. The Morgan fingerprint density at radius 2 is 1.81 bits per heavy atom. The molecule has 0 radical (unpaired) electrons. The molecular formula is C42H59NO10S. The van der Waals surface area contributed by atoms with Gasteiger partial charge in [0.2, 0.25) is 10.0 Å². The molecule has 1 aromatic rings. The molecule has 0 amide bonds. The van der Waals surface area contributed by atoms with Crippen molar-refractivity contribution >= 4 is 21.7 Å². The summed E-state index contributed by atoms with van der Waals surface area (Å²) in [6.45, 7) is 10.7. The first-order valence-corrected chi connectivity index (χ1v) is 21.3. The van der Waals surface area contributed by atoms with Gasteiger partial charge in [0.15, 0.2) is 5.79 Å². The van der Waals surface area contributed by atoms with Gasteiger partial charge in [-0.3, -0.25) is 9.10 Å². The number of aliphatic hydroxyl groups is 2. The maximum atomic E-state index is 14.2. The molecule has 0 unspecified atom stereocenters. The number of carbonyl (C=O) groups is 1. The van der Waals surface area contributed by atoms with Crippen LogP contribution in [0.25, 0.3) is 0 Å². The number of allylic oxidation sites excluding steroid dienone is 2. The monoisotopic (exact) mass is 769 g/mol. The summed E-state index contributed by atoms with van der Waals surface area (Å²) in [5, 5.41) is 23.4. The van der Waals surface area contributed by atoms with E-state index in [0.29, 0.717) is 61.5 Å². The van der Waals surface area contributed by atoms with Gasteiger partial charge in [-0.2, -0.15) is 0 Å². The number of hydrogen-bond donors (Lipinski definition) is 2. The van der Waals surface area contributed by atoms with Gasteiger partial charge in [-0.1, -0.05) is 63.3 Å². The second kappa shape index (κ2) is 16.3. The van der Waals surface area contributed by atoms with Crippen LogP contribution in [0.2, 0.25) is 0 Å².